The van der Waals surface area contributed by atoms with Gasteiger partial charge in [-0.1, -0.05) is 54.1 Å². The lowest BCUT2D eigenvalue weighted by Crippen LogP contribution is -2.26. The van der Waals surface area contributed by atoms with Gasteiger partial charge in [0.25, 0.3) is 0 Å². The van der Waals surface area contributed by atoms with E-state index in [0.29, 0.717) is 6.54 Å². The second-order valence-corrected chi connectivity index (χ2v) is 5.69. The van der Waals surface area contributed by atoms with Gasteiger partial charge in [-0.05, 0) is 30.5 Å². The summed E-state index contributed by atoms with van der Waals surface area (Å²) in [6.45, 7) is 2.76. The Balaban J connectivity index is 1.56. The number of nitrogens with one attached hydrogen (secondary N) is 1. The number of anilines is 1. The normalized spacial score (nSPS) is 12.1. The Morgan fingerprint density at radius 3 is 2.52 bits per heavy atom. The minimum atomic E-state index is -0.574. The van der Waals surface area contributed by atoms with Gasteiger partial charge in [0.05, 0.1) is 0 Å². The van der Waals surface area contributed by atoms with Crippen LogP contribution >= 0.6 is 0 Å². The summed E-state index contributed by atoms with van der Waals surface area (Å²) >= 11 is 0. The lowest BCUT2D eigenvalue weighted by atomic mass is 10.1. The van der Waals surface area contributed by atoms with Crippen molar-refractivity contribution in [3.8, 4) is 5.75 Å². The molecule has 3 aromatic carbocycles. The van der Waals surface area contributed by atoms with Crippen LogP contribution < -0.4 is 10.1 Å². The zero-order valence-electron chi connectivity index (χ0n) is 13.2. The Morgan fingerprint density at radius 2 is 1.70 bits per heavy atom. The van der Waals surface area contributed by atoms with E-state index in [1.807, 2.05) is 54.6 Å². The Morgan fingerprint density at radius 1 is 0.957 bits per heavy atom. The number of hydrogen-bond acceptors (Lipinski definition) is 3. The van der Waals surface area contributed by atoms with E-state index in [1.54, 1.807) is 0 Å². The second-order valence-electron chi connectivity index (χ2n) is 5.69. The fraction of sp³-hybridized carbons (Fsp3) is 0.200. The van der Waals surface area contributed by atoms with Gasteiger partial charge in [0.15, 0.2) is 0 Å². The molecule has 23 heavy (non-hydrogen) atoms. The highest BCUT2D eigenvalue weighted by molar-refractivity contribution is 5.88. The highest BCUT2D eigenvalue weighted by Crippen LogP contribution is 2.25. The van der Waals surface area contributed by atoms with E-state index < -0.39 is 6.10 Å². The fourth-order valence-corrected chi connectivity index (χ4v) is 2.47. The maximum Gasteiger partial charge on any atom is 0.127 e. The predicted octanol–water partition coefficient (Wildman–Crippen LogP) is 4.00. The molecule has 0 aliphatic heterocycles. The van der Waals surface area contributed by atoms with Crippen LogP contribution in [-0.4, -0.2) is 24.4 Å². The van der Waals surface area contributed by atoms with Crippen molar-refractivity contribution in [1.82, 2.24) is 0 Å². The molecule has 0 radical (unpaired) electrons. The minimum Gasteiger partial charge on any atom is -0.490 e. The smallest absolute Gasteiger partial charge is 0.127 e. The molecule has 0 fully saturated rings. The van der Waals surface area contributed by atoms with Crippen LogP contribution in [0.25, 0.3) is 10.8 Å². The van der Waals surface area contributed by atoms with Crippen molar-refractivity contribution in [2.75, 3.05) is 18.5 Å². The number of aryl methyl sites for hydroxylation is 1. The van der Waals surface area contributed by atoms with Gasteiger partial charge in [-0.15, -0.1) is 0 Å². The summed E-state index contributed by atoms with van der Waals surface area (Å²) in [5, 5.41) is 15.5. The molecule has 3 aromatic rings. The van der Waals surface area contributed by atoms with E-state index in [-0.39, 0.29) is 6.61 Å². The third-order valence-electron chi connectivity index (χ3n) is 3.77. The molecule has 1 unspecified atom stereocenters. The molecule has 3 heteroatoms. The number of benzene rings is 3. The number of rotatable bonds is 6. The van der Waals surface area contributed by atoms with Crippen molar-refractivity contribution in [2.45, 2.75) is 13.0 Å². The van der Waals surface area contributed by atoms with Crippen molar-refractivity contribution in [3.63, 3.8) is 0 Å². The first-order valence-electron chi connectivity index (χ1n) is 7.81. The number of ether oxygens (including phenoxy) is 1. The van der Waals surface area contributed by atoms with Gasteiger partial charge >= 0.3 is 0 Å². The average Bonchev–Trinajstić information content (AvgIpc) is 2.59. The molecule has 0 aliphatic carbocycles. The number of aliphatic hydroxyl groups is 1. The predicted molar refractivity (Wildman–Crippen MR) is 95.1 cm³/mol. The molecule has 0 heterocycles. The van der Waals surface area contributed by atoms with Crippen LogP contribution in [0.3, 0.4) is 0 Å². The molecule has 0 spiro atoms. The lowest BCUT2D eigenvalue weighted by molar-refractivity contribution is 0.118. The third-order valence-corrected chi connectivity index (χ3v) is 3.77. The van der Waals surface area contributed by atoms with E-state index in [2.05, 4.69) is 24.4 Å². The van der Waals surface area contributed by atoms with Crippen LogP contribution in [-0.2, 0) is 0 Å². The van der Waals surface area contributed by atoms with E-state index in [0.717, 1.165) is 22.2 Å². The highest BCUT2D eigenvalue weighted by Gasteiger charge is 2.07. The van der Waals surface area contributed by atoms with Crippen LogP contribution in [0.4, 0.5) is 5.69 Å². The van der Waals surface area contributed by atoms with Gasteiger partial charge in [-0.2, -0.15) is 0 Å². The minimum absolute atomic E-state index is 0.257. The van der Waals surface area contributed by atoms with Crippen LogP contribution in [0, 0.1) is 6.92 Å². The molecule has 3 rings (SSSR count). The van der Waals surface area contributed by atoms with Crippen molar-refractivity contribution in [2.24, 2.45) is 0 Å². The second kappa shape index (κ2) is 7.16. The van der Waals surface area contributed by atoms with Gasteiger partial charge in [-0.3, -0.25) is 0 Å². The summed E-state index contributed by atoms with van der Waals surface area (Å²) in [7, 11) is 0. The molecule has 0 amide bonds. The van der Waals surface area contributed by atoms with Gasteiger partial charge in [0.1, 0.15) is 18.5 Å². The van der Waals surface area contributed by atoms with Crippen molar-refractivity contribution in [3.05, 3.63) is 72.3 Å². The molecule has 0 aliphatic rings. The molecule has 0 aromatic heterocycles. The zero-order chi connectivity index (χ0) is 16.1. The number of fused-ring (bicyclic) bond motifs is 1. The summed E-state index contributed by atoms with van der Waals surface area (Å²) in [4.78, 5) is 0. The van der Waals surface area contributed by atoms with E-state index in [4.69, 9.17) is 4.74 Å². The van der Waals surface area contributed by atoms with Crippen LogP contribution in [0.1, 0.15) is 5.56 Å². The summed E-state index contributed by atoms with van der Waals surface area (Å²) in [5.74, 6) is 0.803. The summed E-state index contributed by atoms with van der Waals surface area (Å²) in [6, 6.07) is 22.1. The maximum absolute atomic E-state index is 10.1. The number of hydrogen-bond donors (Lipinski definition) is 2. The molecular formula is C20H21NO2. The lowest BCUT2D eigenvalue weighted by Gasteiger charge is -2.15. The summed E-state index contributed by atoms with van der Waals surface area (Å²) < 4.78 is 5.80. The number of aliphatic hydroxyl groups excluding tert-OH is 1. The first-order valence-corrected chi connectivity index (χ1v) is 7.81. The van der Waals surface area contributed by atoms with Gasteiger partial charge < -0.3 is 15.2 Å². The van der Waals surface area contributed by atoms with Gasteiger partial charge in [-0.25, -0.2) is 0 Å². The maximum atomic E-state index is 10.1. The molecule has 3 nitrogen and oxygen atoms in total. The third kappa shape index (κ3) is 4.02. The van der Waals surface area contributed by atoms with E-state index in [1.165, 1.54) is 5.56 Å². The zero-order valence-corrected chi connectivity index (χ0v) is 13.2. The standard InChI is InChI=1S/C20H21NO2/c1-15-9-11-17(12-10-15)21-13-18(22)14-23-20-8-4-6-16-5-2-3-7-19(16)20/h2-12,18,21-22H,13-14H2,1H3. The topological polar surface area (TPSA) is 41.5 Å². The highest BCUT2D eigenvalue weighted by atomic mass is 16.5. The van der Waals surface area contributed by atoms with E-state index in [9.17, 15) is 5.11 Å². The van der Waals surface area contributed by atoms with Gasteiger partial charge in [0, 0.05) is 17.6 Å². The van der Waals surface area contributed by atoms with Crippen LogP contribution in [0.15, 0.2) is 66.7 Å². The largest absolute Gasteiger partial charge is 0.490 e. The molecule has 118 valence electrons. The van der Waals surface area contributed by atoms with Gasteiger partial charge in [0.2, 0.25) is 0 Å². The molecule has 1 atom stereocenters. The summed E-state index contributed by atoms with van der Waals surface area (Å²) in [6.07, 6.45) is -0.574. The Hall–Kier alpha value is -2.52. The Bertz CT molecular complexity index is 763. The molecule has 2 N–H and O–H groups in total. The molecular weight excluding hydrogens is 286 g/mol. The van der Waals surface area contributed by atoms with E-state index >= 15 is 0 Å². The first-order chi connectivity index (χ1) is 11.2. The Kier molecular flexibility index (Phi) is 4.79. The monoisotopic (exact) mass is 307 g/mol. The van der Waals surface area contributed by atoms with Crippen molar-refractivity contribution in [1.29, 1.82) is 0 Å². The molecule has 0 saturated heterocycles. The quantitative estimate of drug-likeness (QED) is 0.723. The average molecular weight is 307 g/mol. The first kappa shape index (κ1) is 15.4. The van der Waals surface area contributed by atoms with Crippen LogP contribution in [0.5, 0.6) is 5.75 Å². The fourth-order valence-electron chi connectivity index (χ4n) is 2.47. The van der Waals surface area contributed by atoms with Crippen LogP contribution in [0.2, 0.25) is 0 Å². The SMILES string of the molecule is Cc1ccc(NCC(O)COc2cccc3ccccc23)cc1. The molecule has 0 bridgehead atoms. The van der Waals surface area contributed by atoms with Crippen molar-refractivity contribution < 1.29 is 9.84 Å². The Labute approximate surface area is 136 Å². The van der Waals surface area contributed by atoms with Crippen molar-refractivity contribution >= 4 is 16.5 Å². The summed E-state index contributed by atoms with van der Waals surface area (Å²) in [5.41, 5.74) is 2.22. The molecule has 0 saturated carbocycles.